The first kappa shape index (κ1) is 66.7. The maximum Gasteiger partial charge on any atom is 0.425 e. The number of phenolic OH excluding ortho intramolecular Hbond substituents is 4. The van der Waals surface area contributed by atoms with Crippen LogP contribution in [0, 0.1) is 0 Å². The molecule has 0 atom stereocenters. The van der Waals surface area contributed by atoms with E-state index in [9.17, 15) is 77.1 Å². The van der Waals surface area contributed by atoms with Crippen LogP contribution in [-0.2, 0) is 77.1 Å². The van der Waals surface area contributed by atoms with Gasteiger partial charge in [-0.2, -0.15) is 49.0 Å². The second-order valence-corrected chi connectivity index (χ2v) is 22.5. The van der Waals surface area contributed by atoms with E-state index >= 15 is 0 Å². The molecular weight excluding hydrogens is 1300 g/mol. The molecule has 0 unspecified atom stereocenters. The summed E-state index contributed by atoms with van der Waals surface area (Å²) >= 11 is 0. The number of phenols is 4. The number of nitrogen functional groups attached to an aromatic ring is 1. The molecule has 0 saturated carbocycles. The van der Waals surface area contributed by atoms with Crippen molar-refractivity contribution in [1.82, 2.24) is 0 Å². The third kappa shape index (κ3) is 17.0. The van der Waals surface area contributed by atoms with Gasteiger partial charge in [-0.25, -0.2) is 0 Å². The molecule has 0 bridgehead atoms. The highest BCUT2D eigenvalue weighted by atomic mass is 32.2. The highest BCUT2D eigenvalue weighted by molar-refractivity contribution is 7.86. The van der Waals surface area contributed by atoms with Crippen LogP contribution >= 0.6 is 0 Å². The molecule has 0 aliphatic heterocycles. The minimum absolute atomic E-state index is 0.0184. The summed E-state index contributed by atoms with van der Waals surface area (Å²) in [6.07, 6.45) is 0. The molecule has 10 N–H and O–H groups in total. The van der Waals surface area contributed by atoms with Crippen LogP contribution in [0.1, 0.15) is 0 Å². The van der Waals surface area contributed by atoms with Crippen molar-refractivity contribution in [2.45, 2.75) is 19.6 Å². The zero-order valence-electron chi connectivity index (χ0n) is 41.3. The summed E-state index contributed by atoms with van der Waals surface area (Å²) in [7, 11) is -29.3. The Kier molecular flexibility index (Phi) is 21.0. The lowest BCUT2D eigenvalue weighted by Crippen LogP contribution is -2.01. The average molecular weight is 1330 g/mol. The Labute approximate surface area is 483 Å². The smallest absolute Gasteiger partial charge is 0.425 e. The van der Waals surface area contributed by atoms with Crippen molar-refractivity contribution in [3.8, 4) is 28.7 Å². The third-order valence-corrected chi connectivity index (χ3v) is 14.0. The van der Waals surface area contributed by atoms with Crippen LogP contribution in [0.5, 0.6) is 28.7 Å². The first-order valence-electron chi connectivity index (χ1n) is 21.5. The number of fused-ring (bicyclic) bond motifs is 3. The van der Waals surface area contributed by atoms with Crippen LogP contribution in [-0.4, -0.2) is 117 Å². The number of nitrogens with zero attached hydrogens (tertiary/aromatic N) is 8. The van der Waals surface area contributed by atoms with Crippen molar-refractivity contribution in [1.29, 1.82) is 0 Å². The van der Waals surface area contributed by atoms with E-state index in [-0.39, 0.29) is 73.0 Å². The Morgan fingerprint density at radius 2 is 0.860 bits per heavy atom. The van der Waals surface area contributed by atoms with Crippen LogP contribution in [0.3, 0.4) is 0 Å². The fraction of sp³-hybridized carbons (Fsp3) is 0. The van der Waals surface area contributed by atoms with E-state index in [1.165, 1.54) is 42.5 Å². The second kappa shape index (κ2) is 27.1. The number of nitrogens with two attached hydrogens (primary N) is 1. The quantitative estimate of drug-likeness (QED) is 0.0236. The van der Waals surface area contributed by atoms with Crippen LogP contribution < -0.4 is 10.5 Å². The molecule has 8 rings (SSSR count). The van der Waals surface area contributed by atoms with Crippen LogP contribution in [0.4, 0.5) is 51.2 Å². The standard InChI is InChI=1S/C43H29N9O18S4.3O3S/c44-37-36-21(2-11-30(42(36)57)49-50-31-13-9-26-27(43(31)74(67,68)69)10-12-29(40(26)55)48-46-24-6-14-32(54)33(18-24)70-19-53)16-34(72(61,62)63)38(37)51-47-23-3-1-20-15-35(73(64,65)66)39(41(56)28(20)17-23)52-45-22-4-7-25(8-5-22)71(58,59)60;3*1-4(2)3/h1-19,54-57H,44H2,(H,58,59,60)(H,61,62,63)(H,64,65,66)(H,67,68,69);;;. The lowest BCUT2D eigenvalue weighted by molar-refractivity contribution is -0.120. The summed E-state index contributed by atoms with van der Waals surface area (Å²) in [5, 5.41) is 73.6. The number of benzene rings is 8. The van der Waals surface area contributed by atoms with Crippen LogP contribution in [0.25, 0.3) is 32.3 Å². The van der Waals surface area contributed by atoms with Crippen molar-refractivity contribution in [2.24, 2.45) is 40.9 Å². The molecular formula is C43H29N9O27S7. The molecule has 0 amide bonds. The number of aromatic hydroxyl groups is 4. The van der Waals surface area contributed by atoms with Gasteiger partial charge < -0.3 is 30.9 Å². The molecule has 36 nitrogen and oxygen atoms in total. The summed E-state index contributed by atoms with van der Waals surface area (Å²) < 4.78 is 219. The number of hydrogen-bond acceptors (Lipinski definition) is 32. The monoisotopic (exact) mass is 1330 g/mol. The Balaban J connectivity index is 0.00000103. The second-order valence-electron chi connectivity index (χ2n) is 15.8. The zero-order valence-corrected chi connectivity index (χ0v) is 47.0. The molecule has 450 valence electrons. The summed E-state index contributed by atoms with van der Waals surface area (Å²) in [5.74, 6) is -2.88. The van der Waals surface area contributed by atoms with E-state index < -0.39 is 138 Å². The topological polar surface area (TPSA) is 603 Å². The number of carbonyl (C=O) groups is 1. The van der Waals surface area contributed by atoms with Crippen LogP contribution in [0.15, 0.2) is 170 Å². The molecule has 0 aliphatic carbocycles. The van der Waals surface area contributed by atoms with Gasteiger partial charge >= 0.3 is 31.8 Å². The van der Waals surface area contributed by atoms with E-state index in [2.05, 4.69) is 45.7 Å². The highest BCUT2D eigenvalue weighted by Crippen LogP contribution is 2.48. The molecule has 0 fully saturated rings. The predicted molar refractivity (Wildman–Crippen MR) is 288 cm³/mol. The van der Waals surface area contributed by atoms with E-state index in [1.807, 2.05) is 0 Å². The molecule has 0 aliphatic rings. The number of carbonyl (C=O) groups excluding carboxylic acids is 1. The maximum absolute atomic E-state index is 12.8. The summed E-state index contributed by atoms with van der Waals surface area (Å²) in [5.41, 5.74) is 2.93. The lowest BCUT2D eigenvalue weighted by Gasteiger charge is -2.12. The minimum atomic E-state index is -5.17. The van der Waals surface area contributed by atoms with E-state index in [1.54, 1.807) is 0 Å². The van der Waals surface area contributed by atoms with Crippen molar-refractivity contribution in [3.63, 3.8) is 0 Å². The van der Waals surface area contributed by atoms with Gasteiger partial charge in [0, 0.05) is 22.2 Å². The third-order valence-electron chi connectivity index (χ3n) is 10.5. The van der Waals surface area contributed by atoms with Crippen molar-refractivity contribution >= 4 is 162 Å². The van der Waals surface area contributed by atoms with E-state index in [0.29, 0.717) is 0 Å². The Morgan fingerprint density at radius 3 is 1.43 bits per heavy atom. The van der Waals surface area contributed by atoms with Gasteiger partial charge in [-0.15, -0.1) is 63.5 Å². The molecule has 0 heterocycles. The van der Waals surface area contributed by atoms with E-state index in [4.69, 9.17) is 43.6 Å². The summed E-state index contributed by atoms with van der Waals surface area (Å²) in [6, 6.07) is 19.9. The number of rotatable bonds is 14. The largest absolute Gasteiger partial charge is 0.505 e. The van der Waals surface area contributed by atoms with Gasteiger partial charge in [-0.05, 0) is 95.7 Å². The average Bonchev–Trinajstić information content (AvgIpc) is 0.931. The van der Waals surface area contributed by atoms with Gasteiger partial charge in [0.1, 0.15) is 43.1 Å². The first-order valence-corrected chi connectivity index (χ1v) is 30.3. The number of ether oxygens (including phenoxy) is 1. The van der Waals surface area contributed by atoms with Gasteiger partial charge in [0.15, 0.2) is 28.7 Å². The summed E-state index contributed by atoms with van der Waals surface area (Å²) in [4.78, 5) is 7.59. The Hall–Kier alpha value is -10.1. The molecule has 0 radical (unpaired) electrons. The number of anilines is 1. The Morgan fingerprint density at radius 1 is 0.419 bits per heavy atom. The van der Waals surface area contributed by atoms with Crippen molar-refractivity contribution < 1.29 is 120 Å². The molecule has 86 heavy (non-hydrogen) atoms. The molecule has 0 saturated heterocycles. The normalized spacial score (nSPS) is 11.9. The molecule has 8 aromatic rings. The molecule has 43 heteroatoms. The SMILES string of the molecule is Nc1c(N=Nc2ccc3cc(S(=O)(=O)O)c(N=Nc4ccc(S(=O)(=O)O)cc4)c(O)c3c2)c(S(=O)(=O)O)cc2ccc(N=Nc3ccc4c(O)c(N=Nc5ccc(O)c(OC=O)c5)ccc4c3S(=O)(=O)O)c(O)c12.O=S(=O)=O.O=S(=O)=O.O=S(=O)=O. The fourth-order valence-electron chi connectivity index (χ4n) is 7.13. The number of hydrogen-bond donors (Lipinski definition) is 9. The lowest BCUT2D eigenvalue weighted by atomic mass is 10.1. The minimum Gasteiger partial charge on any atom is -0.505 e. The fourth-order valence-corrected chi connectivity index (χ4v) is 9.76. The van der Waals surface area contributed by atoms with Gasteiger partial charge in [-0.1, -0.05) is 18.2 Å². The summed E-state index contributed by atoms with van der Waals surface area (Å²) in [6.45, 7) is 0.0752. The van der Waals surface area contributed by atoms with Gasteiger partial charge in [0.2, 0.25) is 0 Å². The van der Waals surface area contributed by atoms with Gasteiger partial charge in [0.05, 0.1) is 33.0 Å². The first-order chi connectivity index (χ1) is 39.9. The predicted octanol–water partition coefficient (Wildman–Crippen LogP) is 6.72. The van der Waals surface area contributed by atoms with Crippen molar-refractivity contribution in [2.75, 3.05) is 5.73 Å². The molecule has 8 aromatic carbocycles. The van der Waals surface area contributed by atoms with Crippen LogP contribution in [0.2, 0.25) is 0 Å². The highest BCUT2D eigenvalue weighted by Gasteiger charge is 2.26. The van der Waals surface area contributed by atoms with E-state index in [0.717, 1.165) is 66.7 Å². The van der Waals surface area contributed by atoms with Crippen molar-refractivity contribution in [3.05, 3.63) is 109 Å². The zero-order chi connectivity index (χ0) is 64.4. The molecule has 0 spiro atoms. The number of azo groups is 4. The molecule has 0 aromatic heterocycles. The van der Waals surface area contributed by atoms with Gasteiger partial charge in [0.25, 0.3) is 46.9 Å². The maximum atomic E-state index is 12.8. The Bertz CT molecular complexity index is 4990. The van der Waals surface area contributed by atoms with Gasteiger partial charge in [-0.3, -0.25) is 23.0 Å².